The van der Waals surface area contributed by atoms with Crippen LogP contribution < -0.4 is 5.32 Å². The van der Waals surface area contributed by atoms with Gasteiger partial charge in [-0.05, 0) is 20.3 Å². The second-order valence-corrected chi connectivity index (χ2v) is 4.74. The van der Waals surface area contributed by atoms with Gasteiger partial charge in [0.1, 0.15) is 5.76 Å². The first-order valence-corrected chi connectivity index (χ1v) is 6.16. The molecule has 1 unspecified atom stereocenters. The second kappa shape index (κ2) is 6.25. The summed E-state index contributed by atoms with van der Waals surface area (Å²) in [5, 5.41) is 6.69. The van der Waals surface area contributed by atoms with Crippen molar-refractivity contribution in [3.05, 3.63) is 17.5 Å². The number of aryl methyl sites for hydroxylation is 1. The molecule has 1 rings (SSSR count). The van der Waals surface area contributed by atoms with Crippen molar-refractivity contribution in [2.24, 2.45) is 5.41 Å². The number of hydrogen-bond acceptors (Lipinski definition) is 3. The highest BCUT2D eigenvalue weighted by Gasteiger charge is 2.29. The Bertz CT molecular complexity index is 445. The van der Waals surface area contributed by atoms with Crippen LogP contribution in [0, 0.1) is 24.7 Å². The van der Waals surface area contributed by atoms with Crippen molar-refractivity contribution >= 4 is 5.91 Å². The van der Waals surface area contributed by atoms with Crippen molar-refractivity contribution in [1.82, 2.24) is 10.5 Å². The fraction of sp³-hybridized carbons (Fsp3) is 0.571. The van der Waals surface area contributed by atoms with E-state index < -0.39 is 5.41 Å². The monoisotopic (exact) mass is 248 g/mol. The molecule has 0 aliphatic rings. The molecule has 1 heterocycles. The number of hydrogen-bond donors (Lipinski definition) is 1. The number of amides is 1. The summed E-state index contributed by atoms with van der Waals surface area (Å²) in [4.78, 5) is 12.0. The maximum absolute atomic E-state index is 12.0. The summed E-state index contributed by atoms with van der Waals surface area (Å²) in [6.07, 6.45) is 7.12. The molecule has 4 heteroatoms. The van der Waals surface area contributed by atoms with Gasteiger partial charge in [-0.3, -0.25) is 4.79 Å². The van der Waals surface area contributed by atoms with Crippen LogP contribution >= 0.6 is 0 Å². The van der Waals surface area contributed by atoms with Gasteiger partial charge >= 0.3 is 0 Å². The Kier molecular flexibility index (Phi) is 4.96. The van der Waals surface area contributed by atoms with Crippen LogP contribution in [0.25, 0.3) is 0 Å². The lowest BCUT2D eigenvalue weighted by atomic mass is 9.83. The Morgan fingerprint density at radius 3 is 2.89 bits per heavy atom. The number of terminal acetylenes is 1. The lowest BCUT2D eigenvalue weighted by Gasteiger charge is -2.24. The second-order valence-electron chi connectivity index (χ2n) is 4.74. The van der Waals surface area contributed by atoms with Crippen LogP contribution in [0.4, 0.5) is 0 Å². The van der Waals surface area contributed by atoms with Crippen molar-refractivity contribution in [2.75, 3.05) is 6.54 Å². The summed E-state index contributed by atoms with van der Waals surface area (Å²) in [6, 6.07) is 1.87. The Morgan fingerprint density at radius 1 is 1.67 bits per heavy atom. The van der Waals surface area contributed by atoms with Crippen molar-refractivity contribution < 1.29 is 9.32 Å². The topological polar surface area (TPSA) is 55.1 Å². The zero-order chi connectivity index (χ0) is 13.6. The van der Waals surface area contributed by atoms with Crippen LogP contribution in [0.5, 0.6) is 0 Å². The van der Waals surface area contributed by atoms with Gasteiger partial charge < -0.3 is 9.84 Å². The number of carbonyl (C=O) groups excluding carboxylic acids is 1. The van der Waals surface area contributed by atoms with Gasteiger partial charge in [-0.2, -0.15) is 0 Å². The van der Waals surface area contributed by atoms with Gasteiger partial charge in [0.15, 0.2) is 0 Å². The van der Waals surface area contributed by atoms with E-state index >= 15 is 0 Å². The summed E-state index contributed by atoms with van der Waals surface area (Å²) < 4.78 is 5.07. The molecule has 0 aliphatic heterocycles. The molecular formula is C14H20N2O2. The van der Waals surface area contributed by atoms with Crippen molar-refractivity contribution in [2.45, 2.75) is 40.0 Å². The van der Waals surface area contributed by atoms with Gasteiger partial charge in [-0.15, -0.1) is 12.3 Å². The van der Waals surface area contributed by atoms with Gasteiger partial charge in [0.25, 0.3) is 0 Å². The Hall–Kier alpha value is -1.76. The standard InChI is InChI=1S/C14H20N2O2/c1-5-8-14(4,6-2)13(17)15-9-7-12-10-11(3)16-18-12/h1,10H,6-9H2,2-4H3,(H,15,17). The maximum Gasteiger partial charge on any atom is 0.226 e. The Balaban J connectivity index is 2.43. The highest BCUT2D eigenvalue weighted by atomic mass is 16.5. The van der Waals surface area contributed by atoms with Gasteiger partial charge in [-0.25, -0.2) is 0 Å². The molecule has 98 valence electrons. The van der Waals surface area contributed by atoms with E-state index in [2.05, 4.69) is 16.4 Å². The molecular weight excluding hydrogens is 228 g/mol. The van der Waals surface area contributed by atoms with Crippen LogP contribution in [0.1, 0.15) is 38.1 Å². The largest absolute Gasteiger partial charge is 0.361 e. The molecule has 1 N–H and O–H groups in total. The van der Waals surface area contributed by atoms with Gasteiger partial charge in [0, 0.05) is 25.5 Å². The maximum atomic E-state index is 12.0. The van der Waals surface area contributed by atoms with Crippen LogP contribution in [0.2, 0.25) is 0 Å². The Labute approximate surface area is 108 Å². The van der Waals surface area contributed by atoms with Crippen molar-refractivity contribution in [3.63, 3.8) is 0 Å². The van der Waals surface area contributed by atoms with E-state index in [0.717, 1.165) is 17.9 Å². The minimum absolute atomic E-state index is 0.000753. The summed E-state index contributed by atoms with van der Waals surface area (Å²) in [7, 11) is 0. The summed E-state index contributed by atoms with van der Waals surface area (Å²) in [5.74, 6) is 3.34. The first kappa shape index (κ1) is 14.3. The highest BCUT2D eigenvalue weighted by Crippen LogP contribution is 2.25. The molecule has 1 aromatic heterocycles. The molecule has 0 radical (unpaired) electrons. The summed E-state index contributed by atoms with van der Waals surface area (Å²) in [5.41, 5.74) is 0.369. The molecule has 0 saturated carbocycles. The molecule has 1 atom stereocenters. The number of aromatic nitrogens is 1. The fourth-order valence-electron chi connectivity index (χ4n) is 1.64. The van der Waals surface area contributed by atoms with E-state index in [1.54, 1.807) is 0 Å². The molecule has 0 aromatic carbocycles. The van der Waals surface area contributed by atoms with Crippen LogP contribution in [0.15, 0.2) is 10.6 Å². The summed E-state index contributed by atoms with van der Waals surface area (Å²) >= 11 is 0. The van der Waals surface area contributed by atoms with Crippen LogP contribution in [-0.2, 0) is 11.2 Å². The molecule has 4 nitrogen and oxygen atoms in total. The van der Waals surface area contributed by atoms with Crippen LogP contribution in [0.3, 0.4) is 0 Å². The SMILES string of the molecule is C#CCC(C)(CC)C(=O)NCCc1cc(C)no1. The quantitative estimate of drug-likeness (QED) is 0.784. The molecule has 0 bridgehead atoms. The number of rotatable bonds is 6. The molecule has 0 aliphatic carbocycles. The zero-order valence-corrected chi connectivity index (χ0v) is 11.2. The fourth-order valence-corrected chi connectivity index (χ4v) is 1.64. The molecule has 18 heavy (non-hydrogen) atoms. The first-order valence-electron chi connectivity index (χ1n) is 6.16. The van der Waals surface area contributed by atoms with E-state index in [-0.39, 0.29) is 5.91 Å². The van der Waals surface area contributed by atoms with E-state index in [1.807, 2.05) is 26.8 Å². The average Bonchev–Trinajstić information content (AvgIpc) is 2.75. The number of nitrogens with zero attached hydrogens (tertiary/aromatic N) is 1. The van der Waals surface area contributed by atoms with Gasteiger partial charge in [-0.1, -0.05) is 12.1 Å². The van der Waals surface area contributed by atoms with E-state index in [9.17, 15) is 4.79 Å². The van der Waals surface area contributed by atoms with Crippen molar-refractivity contribution in [1.29, 1.82) is 0 Å². The highest BCUT2D eigenvalue weighted by molar-refractivity contribution is 5.82. The zero-order valence-electron chi connectivity index (χ0n) is 11.2. The predicted octanol–water partition coefficient (Wildman–Crippen LogP) is 2.08. The van der Waals surface area contributed by atoms with Crippen LogP contribution in [-0.4, -0.2) is 17.6 Å². The van der Waals surface area contributed by atoms with Crippen molar-refractivity contribution in [3.8, 4) is 12.3 Å². The third kappa shape index (κ3) is 3.63. The normalized spacial score (nSPS) is 13.7. The molecule has 0 spiro atoms. The summed E-state index contributed by atoms with van der Waals surface area (Å²) in [6.45, 7) is 6.26. The van der Waals surface area contributed by atoms with E-state index in [1.165, 1.54) is 0 Å². The molecule has 0 fully saturated rings. The van der Waals surface area contributed by atoms with Gasteiger partial charge in [0.05, 0.1) is 11.1 Å². The predicted molar refractivity (Wildman–Crippen MR) is 69.8 cm³/mol. The lowest BCUT2D eigenvalue weighted by Crippen LogP contribution is -2.39. The smallest absolute Gasteiger partial charge is 0.226 e. The molecule has 1 aromatic rings. The lowest BCUT2D eigenvalue weighted by molar-refractivity contribution is -0.130. The number of carbonyl (C=O) groups is 1. The minimum Gasteiger partial charge on any atom is -0.361 e. The average molecular weight is 248 g/mol. The Morgan fingerprint density at radius 2 is 2.39 bits per heavy atom. The number of nitrogens with one attached hydrogen (secondary N) is 1. The first-order chi connectivity index (χ1) is 8.51. The van der Waals surface area contributed by atoms with E-state index in [0.29, 0.717) is 19.4 Å². The molecule has 1 amide bonds. The van der Waals surface area contributed by atoms with E-state index in [4.69, 9.17) is 10.9 Å². The third-order valence-electron chi connectivity index (χ3n) is 3.15. The minimum atomic E-state index is -0.480. The van der Waals surface area contributed by atoms with Gasteiger partial charge in [0.2, 0.25) is 5.91 Å². The molecule has 0 saturated heterocycles. The third-order valence-corrected chi connectivity index (χ3v) is 3.15.